The number of rotatable bonds is 6. The maximum Gasteiger partial charge on any atom is 0.329 e. The van der Waals surface area contributed by atoms with Crippen molar-refractivity contribution in [3.05, 3.63) is 64.7 Å². The summed E-state index contributed by atoms with van der Waals surface area (Å²) in [5, 5.41) is 0. The minimum atomic E-state index is -1.00. The van der Waals surface area contributed by atoms with Crippen LogP contribution in [0.5, 0.6) is 5.75 Å². The number of carbonyl (C=O) groups is 3. The molecule has 6 nitrogen and oxygen atoms in total. The summed E-state index contributed by atoms with van der Waals surface area (Å²) in [7, 11) is 0. The van der Waals surface area contributed by atoms with Gasteiger partial charge >= 0.3 is 5.97 Å². The Hall–Kier alpha value is -3.15. The van der Waals surface area contributed by atoms with E-state index in [0.717, 1.165) is 16.0 Å². The Balaban J connectivity index is 1.54. The molecule has 1 aliphatic rings. The third kappa shape index (κ3) is 3.84. The number of hydrogen-bond acceptors (Lipinski definition) is 5. The Kier molecular flexibility index (Phi) is 5.26. The van der Waals surface area contributed by atoms with Crippen molar-refractivity contribution >= 4 is 17.8 Å². The average molecular weight is 367 g/mol. The number of fused-ring (bicyclic) bond motifs is 1. The van der Waals surface area contributed by atoms with E-state index in [1.807, 2.05) is 32.0 Å². The van der Waals surface area contributed by atoms with Gasteiger partial charge in [0.1, 0.15) is 25.0 Å². The Labute approximate surface area is 157 Å². The van der Waals surface area contributed by atoms with Crippen molar-refractivity contribution in [1.82, 2.24) is 4.90 Å². The Morgan fingerprint density at radius 2 is 1.52 bits per heavy atom. The van der Waals surface area contributed by atoms with E-state index in [-0.39, 0.29) is 13.2 Å². The molecule has 0 N–H and O–H groups in total. The molecule has 0 aromatic heterocycles. The SMILES string of the molecule is Cc1cc(C)cc(OCCOC(=O)[C@H](C)N2C(=O)c3ccccc3C2=O)c1. The number of benzene rings is 2. The number of imide groups is 1. The largest absolute Gasteiger partial charge is 0.490 e. The highest BCUT2D eigenvalue weighted by Crippen LogP contribution is 2.24. The van der Waals surface area contributed by atoms with Gasteiger partial charge in [0.25, 0.3) is 11.8 Å². The quantitative estimate of drug-likeness (QED) is 0.446. The second-order valence-corrected chi connectivity index (χ2v) is 6.54. The fourth-order valence-electron chi connectivity index (χ4n) is 3.10. The summed E-state index contributed by atoms with van der Waals surface area (Å²) in [6.45, 7) is 5.64. The van der Waals surface area contributed by atoms with E-state index in [9.17, 15) is 14.4 Å². The van der Waals surface area contributed by atoms with Gasteiger partial charge in [-0.1, -0.05) is 18.2 Å². The highest BCUT2D eigenvalue weighted by molar-refractivity contribution is 6.22. The minimum absolute atomic E-state index is 0.0271. The molecule has 6 heteroatoms. The molecule has 0 saturated heterocycles. The molecule has 2 aromatic rings. The molecule has 3 rings (SSSR count). The van der Waals surface area contributed by atoms with E-state index in [1.165, 1.54) is 6.92 Å². The van der Waals surface area contributed by atoms with Crippen LogP contribution in [0.2, 0.25) is 0 Å². The number of aryl methyl sites for hydroxylation is 2. The lowest BCUT2D eigenvalue weighted by Crippen LogP contribution is -2.44. The highest BCUT2D eigenvalue weighted by atomic mass is 16.6. The third-order valence-corrected chi connectivity index (χ3v) is 4.35. The van der Waals surface area contributed by atoms with Crippen molar-refractivity contribution in [3.63, 3.8) is 0 Å². The van der Waals surface area contributed by atoms with Gasteiger partial charge in [0.2, 0.25) is 0 Å². The van der Waals surface area contributed by atoms with Gasteiger partial charge in [-0.15, -0.1) is 0 Å². The van der Waals surface area contributed by atoms with E-state index < -0.39 is 23.8 Å². The fraction of sp³-hybridized carbons (Fsp3) is 0.286. The Morgan fingerprint density at radius 3 is 2.07 bits per heavy atom. The summed E-state index contributed by atoms with van der Waals surface area (Å²) in [5.41, 5.74) is 2.78. The summed E-state index contributed by atoms with van der Waals surface area (Å²) < 4.78 is 10.8. The second-order valence-electron chi connectivity index (χ2n) is 6.54. The van der Waals surface area contributed by atoms with Crippen LogP contribution in [0.15, 0.2) is 42.5 Å². The Morgan fingerprint density at radius 1 is 0.963 bits per heavy atom. The topological polar surface area (TPSA) is 72.9 Å². The first-order chi connectivity index (χ1) is 12.9. The van der Waals surface area contributed by atoms with Crippen molar-refractivity contribution in [2.45, 2.75) is 26.8 Å². The molecule has 0 aliphatic carbocycles. The Bertz CT molecular complexity index is 850. The molecule has 1 atom stereocenters. The van der Waals surface area contributed by atoms with Gasteiger partial charge in [-0.05, 0) is 56.2 Å². The van der Waals surface area contributed by atoms with Gasteiger partial charge in [0.05, 0.1) is 11.1 Å². The molecule has 2 aromatic carbocycles. The molecule has 0 bridgehead atoms. The maximum absolute atomic E-state index is 12.4. The smallest absolute Gasteiger partial charge is 0.329 e. The van der Waals surface area contributed by atoms with E-state index in [4.69, 9.17) is 9.47 Å². The summed E-state index contributed by atoms with van der Waals surface area (Å²) >= 11 is 0. The van der Waals surface area contributed by atoms with Gasteiger partial charge in [-0.2, -0.15) is 0 Å². The first kappa shape index (κ1) is 18.6. The summed E-state index contributed by atoms with van der Waals surface area (Å²) in [6, 6.07) is 11.3. The van der Waals surface area contributed by atoms with Crippen LogP contribution in [0.25, 0.3) is 0 Å². The first-order valence-corrected chi connectivity index (χ1v) is 8.73. The zero-order chi connectivity index (χ0) is 19.6. The predicted octanol–water partition coefficient (Wildman–Crippen LogP) is 2.91. The highest BCUT2D eigenvalue weighted by Gasteiger charge is 2.41. The standard InChI is InChI=1S/C21H21NO5/c1-13-10-14(2)12-16(11-13)26-8-9-27-21(25)15(3)22-19(23)17-6-4-5-7-18(17)20(22)24/h4-7,10-12,15H,8-9H2,1-3H3/t15-/m0/s1. The van der Waals surface area contributed by atoms with E-state index >= 15 is 0 Å². The number of ether oxygens (including phenoxy) is 2. The van der Waals surface area contributed by atoms with Crippen LogP contribution in [0, 0.1) is 13.8 Å². The summed E-state index contributed by atoms with van der Waals surface area (Å²) in [4.78, 5) is 38.0. The molecule has 2 amide bonds. The molecule has 1 aliphatic heterocycles. The molecule has 0 fully saturated rings. The van der Waals surface area contributed by atoms with Crippen LogP contribution in [0.1, 0.15) is 38.8 Å². The van der Waals surface area contributed by atoms with Gasteiger partial charge in [-0.3, -0.25) is 14.5 Å². The number of nitrogens with zero attached hydrogens (tertiary/aromatic N) is 1. The monoisotopic (exact) mass is 367 g/mol. The number of hydrogen-bond donors (Lipinski definition) is 0. The average Bonchev–Trinajstić information content (AvgIpc) is 2.88. The zero-order valence-electron chi connectivity index (χ0n) is 15.5. The molecule has 0 unspecified atom stereocenters. The molecule has 0 saturated carbocycles. The van der Waals surface area contributed by atoms with E-state index in [2.05, 4.69) is 0 Å². The normalized spacial score (nSPS) is 14.1. The lowest BCUT2D eigenvalue weighted by molar-refractivity contribution is -0.148. The van der Waals surface area contributed by atoms with Crippen molar-refractivity contribution in [1.29, 1.82) is 0 Å². The lowest BCUT2D eigenvalue weighted by atomic mass is 10.1. The molecule has 0 radical (unpaired) electrons. The van der Waals surface area contributed by atoms with Gasteiger partial charge in [-0.25, -0.2) is 4.79 Å². The van der Waals surface area contributed by atoms with E-state index in [1.54, 1.807) is 24.3 Å². The van der Waals surface area contributed by atoms with Crippen molar-refractivity contribution in [2.75, 3.05) is 13.2 Å². The molecular formula is C21H21NO5. The summed E-state index contributed by atoms with van der Waals surface area (Å²) in [6.07, 6.45) is 0. The fourth-order valence-corrected chi connectivity index (χ4v) is 3.10. The molecule has 27 heavy (non-hydrogen) atoms. The van der Waals surface area contributed by atoms with Crippen LogP contribution in [0.3, 0.4) is 0 Å². The van der Waals surface area contributed by atoms with Crippen LogP contribution in [-0.4, -0.2) is 41.9 Å². The first-order valence-electron chi connectivity index (χ1n) is 8.73. The zero-order valence-corrected chi connectivity index (χ0v) is 15.5. The van der Waals surface area contributed by atoms with Crippen LogP contribution < -0.4 is 4.74 Å². The third-order valence-electron chi connectivity index (χ3n) is 4.35. The maximum atomic E-state index is 12.4. The van der Waals surface area contributed by atoms with Gasteiger partial charge in [0.15, 0.2) is 0 Å². The van der Waals surface area contributed by atoms with Gasteiger partial charge < -0.3 is 9.47 Å². The van der Waals surface area contributed by atoms with E-state index in [0.29, 0.717) is 16.9 Å². The van der Waals surface area contributed by atoms with Crippen LogP contribution in [-0.2, 0) is 9.53 Å². The number of esters is 1. The molecular weight excluding hydrogens is 346 g/mol. The van der Waals surface area contributed by atoms with Gasteiger partial charge in [0, 0.05) is 0 Å². The van der Waals surface area contributed by atoms with Crippen molar-refractivity contribution < 1.29 is 23.9 Å². The molecule has 140 valence electrons. The number of amides is 2. The van der Waals surface area contributed by atoms with Crippen LogP contribution in [0.4, 0.5) is 0 Å². The molecule has 1 heterocycles. The second kappa shape index (κ2) is 7.61. The van der Waals surface area contributed by atoms with Crippen molar-refractivity contribution in [2.24, 2.45) is 0 Å². The lowest BCUT2D eigenvalue weighted by Gasteiger charge is -2.21. The molecule has 0 spiro atoms. The number of carbonyl (C=O) groups excluding carboxylic acids is 3. The van der Waals surface area contributed by atoms with Crippen LogP contribution >= 0.6 is 0 Å². The van der Waals surface area contributed by atoms with Crippen molar-refractivity contribution in [3.8, 4) is 5.75 Å². The minimum Gasteiger partial charge on any atom is -0.490 e. The predicted molar refractivity (Wildman–Crippen MR) is 98.8 cm³/mol. The summed E-state index contributed by atoms with van der Waals surface area (Å²) in [5.74, 6) is -0.899.